The predicted molar refractivity (Wildman–Crippen MR) is 67.7 cm³/mol. The van der Waals surface area contributed by atoms with Gasteiger partial charge in [0.05, 0.1) is 6.10 Å². The molecule has 0 aromatic heterocycles. The van der Waals surface area contributed by atoms with Gasteiger partial charge in [0.25, 0.3) is 0 Å². The molecule has 5 heteroatoms. The molecule has 2 amide bonds. The topological polar surface area (TPSA) is 61.4 Å². The summed E-state index contributed by atoms with van der Waals surface area (Å²) >= 11 is 1.71. The number of carbonyl (C=O) groups is 1. The Hall–Kier alpha value is -0.420. The number of amides is 2. The number of carbonyl (C=O) groups excluding carboxylic acids is 1. The van der Waals surface area contributed by atoms with E-state index in [-0.39, 0.29) is 24.1 Å². The third-order valence-electron chi connectivity index (χ3n) is 2.94. The molecule has 0 bridgehead atoms. The molecule has 0 aromatic carbocycles. The zero-order chi connectivity index (χ0) is 12.0. The van der Waals surface area contributed by atoms with E-state index in [1.54, 1.807) is 11.8 Å². The van der Waals surface area contributed by atoms with E-state index in [2.05, 4.69) is 10.6 Å². The van der Waals surface area contributed by atoms with Gasteiger partial charge in [-0.05, 0) is 26.0 Å². The number of nitrogens with one attached hydrogen (secondary N) is 2. The Kier molecular flexibility index (Phi) is 5.98. The van der Waals surface area contributed by atoms with Crippen LogP contribution in [0.15, 0.2) is 0 Å². The molecule has 1 rings (SSSR count). The summed E-state index contributed by atoms with van der Waals surface area (Å²) in [6.07, 6.45) is 4.74. The lowest BCUT2D eigenvalue weighted by Crippen LogP contribution is -2.44. The minimum atomic E-state index is -0.232. The lowest BCUT2D eigenvalue weighted by molar-refractivity contribution is 0.132. The smallest absolute Gasteiger partial charge is 0.315 e. The van der Waals surface area contributed by atoms with Gasteiger partial charge in [0.1, 0.15) is 0 Å². The Morgan fingerprint density at radius 2 is 2.31 bits per heavy atom. The highest BCUT2D eigenvalue weighted by Crippen LogP contribution is 2.24. The fourth-order valence-electron chi connectivity index (χ4n) is 2.05. The van der Waals surface area contributed by atoms with E-state index in [4.69, 9.17) is 0 Å². The maximum atomic E-state index is 11.5. The number of aliphatic hydroxyl groups excluding tert-OH is 1. The van der Waals surface area contributed by atoms with Crippen molar-refractivity contribution in [3.05, 3.63) is 0 Å². The SMILES string of the molecule is CSC[C@H](C)NC(=O)NC[C@H]1CCC[C@H]1O. The Morgan fingerprint density at radius 1 is 1.56 bits per heavy atom. The second kappa shape index (κ2) is 7.01. The maximum absolute atomic E-state index is 11.5. The molecular formula is C11H22N2O2S. The first-order chi connectivity index (χ1) is 7.63. The third kappa shape index (κ3) is 4.61. The van der Waals surface area contributed by atoms with Gasteiger partial charge in [-0.1, -0.05) is 6.42 Å². The zero-order valence-electron chi connectivity index (χ0n) is 10.0. The van der Waals surface area contributed by atoms with Crippen LogP contribution in [-0.2, 0) is 0 Å². The van der Waals surface area contributed by atoms with Crippen LogP contribution in [0.25, 0.3) is 0 Å². The van der Waals surface area contributed by atoms with Crippen molar-refractivity contribution in [3.63, 3.8) is 0 Å². The number of hydrogen-bond donors (Lipinski definition) is 3. The largest absolute Gasteiger partial charge is 0.393 e. The van der Waals surface area contributed by atoms with Crippen LogP contribution in [0.2, 0.25) is 0 Å². The summed E-state index contributed by atoms with van der Waals surface area (Å²) in [5.74, 6) is 1.15. The molecule has 4 nitrogen and oxygen atoms in total. The fraction of sp³-hybridized carbons (Fsp3) is 0.909. The zero-order valence-corrected chi connectivity index (χ0v) is 10.8. The highest BCUT2D eigenvalue weighted by molar-refractivity contribution is 7.98. The number of rotatable bonds is 5. The highest BCUT2D eigenvalue weighted by atomic mass is 32.2. The number of aliphatic hydroxyl groups is 1. The average Bonchev–Trinajstić information content (AvgIpc) is 2.61. The van der Waals surface area contributed by atoms with E-state index in [1.807, 2.05) is 13.2 Å². The quantitative estimate of drug-likeness (QED) is 0.683. The van der Waals surface area contributed by atoms with E-state index in [9.17, 15) is 9.90 Å². The lowest BCUT2D eigenvalue weighted by atomic mass is 10.1. The molecule has 0 aromatic rings. The number of urea groups is 1. The molecular weight excluding hydrogens is 224 g/mol. The van der Waals surface area contributed by atoms with Gasteiger partial charge in [-0.15, -0.1) is 0 Å². The Morgan fingerprint density at radius 3 is 2.88 bits per heavy atom. The van der Waals surface area contributed by atoms with Crippen molar-refractivity contribution < 1.29 is 9.90 Å². The van der Waals surface area contributed by atoms with Gasteiger partial charge in [0.15, 0.2) is 0 Å². The van der Waals surface area contributed by atoms with E-state index < -0.39 is 0 Å². The first-order valence-corrected chi connectivity index (χ1v) is 7.24. The van der Waals surface area contributed by atoms with Crippen molar-refractivity contribution in [1.29, 1.82) is 0 Å². The molecule has 0 saturated heterocycles. The van der Waals surface area contributed by atoms with E-state index in [0.717, 1.165) is 25.0 Å². The molecule has 1 saturated carbocycles. The molecule has 3 atom stereocenters. The predicted octanol–water partition coefficient (Wildman–Crippen LogP) is 1.20. The first kappa shape index (κ1) is 13.6. The molecule has 16 heavy (non-hydrogen) atoms. The molecule has 0 aliphatic heterocycles. The van der Waals surface area contributed by atoms with Crippen molar-refractivity contribution in [3.8, 4) is 0 Å². The molecule has 3 N–H and O–H groups in total. The van der Waals surface area contributed by atoms with Crippen molar-refractivity contribution >= 4 is 17.8 Å². The lowest BCUT2D eigenvalue weighted by Gasteiger charge is -2.17. The van der Waals surface area contributed by atoms with Gasteiger partial charge in [0.2, 0.25) is 0 Å². The van der Waals surface area contributed by atoms with Crippen LogP contribution in [0.1, 0.15) is 26.2 Å². The Balaban J connectivity index is 2.14. The second-order valence-corrected chi connectivity index (χ2v) is 5.38. The summed E-state index contributed by atoms with van der Waals surface area (Å²) in [5, 5.41) is 15.3. The Labute approximate surface area is 102 Å². The van der Waals surface area contributed by atoms with E-state index in [0.29, 0.717) is 6.54 Å². The van der Waals surface area contributed by atoms with Crippen LogP contribution in [0.5, 0.6) is 0 Å². The van der Waals surface area contributed by atoms with Crippen LogP contribution in [0.4, 0.5) is 4.79 Å². The van der Waals surface area contributed by atoms with Crippen LogP contribution in [0.3, 0.4) is 0 Å². The number of thioether (sulfide) groups is 1. The molecule has 0 spiro atoms. The van der Waals surface area contributed by atoms with Crippen molar-refractivity contribution in [2.24, 2.45) is 5.92 Å². The molecule has 1 fully saturated rings. The highest BCUT2D eigenvalue weighted by Gasteiger charge is 2.25. The van der Waals surface area contributed by atoms with Crippen molar-refractivity contribution in [2.45, 2.75) is 38.3 Å². The van der Waals surface area contributed by atoms with Gasteiger partial charge in [-0.3, -0.25) is 0 Å². The molecule has 0 radical (unpaired) electrons. The van der Waals surface area contributed by atoms with Crippen LogP contribution in [0, 0.1) is 5.92 Å². The monoisotopic (exact) mass is 246 g/mol. The summed E-state index contributed by atoms with van der Waals surface area (Å²) in [4.78, 5) is 11.5. The van der Waals surface area contributed by atoms with Crippen LogP contribution < -0.4 is 10.6 Å². The van der Waals surface area contributed by atoms with Gasteiger partial charge < -0.3 is 15.7 Å². The summed E-state index contributed by atoms with van der Waals surface area (Å²) in [5.41, 5.74) is 0. The summed E-state index contributed by atoms with van der Waals surface area (Å²) in [6, 6.07) is 0.0594. The maximum Gasteiger partial charge on any atom is 0.315 e. The minimum Gasteiger partial charge on any atom is -0.393 e. The van der Waals surface area contributed by atoms with E-state index >= 15 is 0 Å². The number of hydrogen-bond acceptors (Lipinski definition) is 3. The normalized spacial score (nSPS) is 26.4. The molecule has 0 heterocycles. The standard InChI is InChI=1S/C11H22N2O2S/c1-8(7-16-2)13-11(15)12-6-9-4-3-5-10(9)14/h8-10,14H,3-7H2,1-2H3,(H2,12,13,15)/t8-,9+,10+/m0/s1. The summed E-state index contributed by atoms with van der Waals surface area (Å²) < 4.78 is 0. The van der Waals surface area contributed by atoms with Gasteiger partial charge in [-0.2, -0.15) is 11.8 Å². The second-order valence-electron chi connectivity index (χ2n) is 4.47. The Bertz CT molecular complexity index is 226. The van der Waals surface area contributed by atoms with Gasteiger partial charge in [-0.25, -0.2) is 4.79 Å². The fourth-order valence-corrected chi connectivity index (χ4v) is 2.63. The average molecular weight is 246 g/mol. The van der Waals surface area contributed by atoms with Crippen molar-refractivity contribution in [2.75, 3.05) is 18.6 Å². The van der Waals surface area contributed by atoms with Crippen molar-refractivity contribution in [1.82, 2.24) is 10.6 Å². The van der Waals surface area contributed by atoms with Crippen LogP contribution >= 0.6 is 11.8 Å². The van der Waals surface area contributed by atoms with Crippen LogP contribution in [-0.4, -0.2) is 41.8 Å². The third-order valence-corrected chi connectivity index (χ3v) is 3.77. The first-order valence-electron chi connectivity index (χ1n) is 5.85. The molecule has 1 aliphatic rings. The van der Waals surface area contributed by atoms with E-state index in [1.165, 1.54) is 0 Å². The summed E-state index contributed by atoms with van der Waals surface area (Å²) in [7, 11) is 0. The van der Waals surface area contributed by atoms with Gasteiger partial charge >= 0.3 is 6.03 Å². The minimum absolute atomic E-state index is 0.124. The molecule has 94 valence electrons. The molecule has 0 unspecified atom stereocenters. The molecule has 1 aliphatic carbocycles. The van der Waals surface area contributed by atoms with Gasteiger partial charge in [0, 0.05) is 24.3 Å². The summed E-state index contributed by atoms with van der Waals surface area (Å²) in [6.45, 7) is 2.57.